The van der Waals surface area contributed by atoms with Gasteiger partial charge in [-0.25, -0.2) is 9.97 Å². The summed E-state index contributed by atoms with van der Waals surface area (Å²) in [5.74, 6) is 2.79. The quantitative estimate of drug-likeness (QED) is 0.832. The zero-order valence-corrected chi connectivity index (χ0v) is 10.8. The third-order valence-corrected chi connectivity index (χ3v) is 4.00. The summed E-state index contributed by atoms with van der Waals surface area (Å²) < 4.78 is 5.58. The Kier molecular flexibility index (Phi) is 2.86. The first-order valence-corrected chi connectivity index (χ1v) is 6.64. The van der Waals surface area contributed by atoms with Gasteiger partial charge in [0.05, 0.1) is 5.60 Å². The first kappa shape index (κ1) is 11.7. The highest BCUT2D eigenvalue weighted by atomic mass is 16.5. The van der Waals surface area contributed by atoms with Gasteiger partial charge in [-0.05, 0) is 32.1 Å². The van der Waals surface area contributed by atoms with Crippen molar-refractivity contribution in [2.45, 2.75) is 43.6 Å². The maximum absolute atomic E-state index is 5.82. The van der Waals surface area contributed by atoms with Crippen LogP contribution in [-0.2, 0) is 4.74 Å². The molecule has 0 radical (unpaired) electrons. The second kappa shape index (κ2) is 4.39. The summed E-state index contributed by atoms with van der Waals surface area (Å²) in [5, 5.41) is 3.35. The molecule has 0 amide bonds. The van der Waals surface area contributed by atoms with Gasteiger partial charge in [0.15, 0.2) is 0 Å². The molecule has 0 aromatic carbocycles. The molecule has 1 aromatic rings. The van der Waals surface area contributed by atoms with E-state index in [-0.39, 0.29) is 5.60 Å². The first-order chi connectivity index (χ1) is 8.71. The molecule has 98 valence electrons. The zero-order valence-electron chi connectivity index (χ0n) is 10.8. The molecule has 0 aliphatic heterocycles. The number of nitrogens with zero attached hydrogens (tertiary/aromatic N) is 2. The van der Waals surface area contributed by atoms with Gasteiger partial charge in [-0.3, -0.25) is 0 Å². The highest BCUT2D eigenvalue weighted by molar-refractivity contribution is 5.45. The zero-order chi connectivity index (χ0) is 12.6. The minimum absolute atomic E-state index is 0.000540. The largest absolute Gasteiger partial charge is 0.384 e. The molecule has 3 rings (SSSR count). The van der Waals surface area contributed by atoms with E-state index in [1.54, 1.807) is 13.2 Å². The van der Waals surface area contributed by atoms with E-state index in [0.29, 0.717) is 11.7 Å². The normalized spacial score (nSPS) is 21.4. The number of rotatable bonds is 5. The summed E-state index contributed by atoms with van der Waals surface area (Å²) >= 11 is 0. The molecule has 2 aliphatic rings. The lowest BCUT2D eigenvalue weighted by atomic mass is 9.80. The van der Waals surface area contributed by atoms with Crippen LogP contribution in [0.15, 0.2) is 6.07 Å². The molecule has 1 aromatic heterocycles. The van der Waals surface area contributed by atoms with Gasteiger partial charge in [0.1, 0.15) is 17.5 Å². The van der Waals surface area contributed by atoms with Crippen molar-refractivity contribution in [2.24, 2.45) is 0 Å². The molecule has 0 bridgehead atoms. The third-order valence-electron chi connectivity index (χ3n) is 4.00. The number of hydrogen-bond donors (Lipinski definition) is 2. The highest BCUT2D eigenvalue weighted by Gasteiger charge is 2.37. The molecule has 0 atom stereocenters. The van der Waals surface area contributed by atoms with Crippen molar-refractivity contribution >= 4 is 11.6 Å². The van der Waals surface area contributed by atoms with E-state index in [4.69, 9.17) is 10.5 Å². The van der Waals surface area contributed by atoms with Crippen molar-refractivity contribution in [2.75, 3.05) is 24.7 Å². The lowest BCUT2D eigenvalue weighted by molar-refractivity contribution is -0.0601. The van der Waals surface area contributed by atoms with E-state index >= 15 is 0 Å². The molecule has 1 heterocycles. The predicted molar refractivity (Wildman–Crippen MR) is 70.5 cm³/mol. The van der Waals surface area contributed by atoms with Gasteiger partial charge in [0, 0.05) is 25.6 Å². The van der Waals surface area contributed by atoms with E-state index in [2.05, 4.69) is 15.3 Å². The summed E-state index contributed by atoms with van der Waals surface area (Å²) in [6.45, 7) is 0.796. The van der Waals surface area contributed by atoms with Crippen LogP contribution in [0.1, 0.15) is 43.8 Å². The average molecular weight is 248 g/mol. The SMILES string of the molecule is COC1(CNc2cc(N)nc(C3CC3)n2)CCC1. The van der Waals surface area contributed by atoms with Crippen molar-refractivity contribution in [3.05, 3.63) is 11.9 Å². The smallest absolute Gasteiger partial charge is 0.136 e. The van der Waals surface area contributed by atoms with Crippen molar-refractivity contribution in [3.8, 4) is 0 Å². The third kappa shape index (κ3) is 2.27. The number of nitrogen functional groups attached to an aromatic ring is 1. The number of aromatic nitrogens is 2. The van der Waals surface area contributed by atoms with Gasteiger partial charge < -0.3 is 15.8 Å². The number of anilines is 2. The molecule has 5 heteroatoms. The van der Waals surface area contributed by atoms with Crippen LogP contribution >= 0.6 is 0 Å². The molecule has 0 unspecified atom stereocenters. The van der Waals surface area contributed by atoms with Crippen LogP contribution in [-0.4, -0.2) is 29.2 Å². The molecule has 3 N–H and O–H groups in total. The number of nitrogens with two attached hydrogens (primary N) is 1. The predicted octanol–water partition coefficient (Wildman–Crippen LogP) is 1.92. The Morgan fingerprint density at radius 3 is 2.78 bits per heavy atom. The van der Waals surface area contributed by atoms with Gasteiger partial charge in [-0.1, -0.05) is 0 Å². The van der Waals surface area contributed by atoms with Crippen LogP contribution in [0.3, 0.4) is 0 Å². The highest BCUT2D eigenvalue weighted by Crippen LogP contribution is 2.39. The Bertz CT molecular complexity index is 435. The Hall–Kier alpha value is -1.36. The molecule has 2 saturated carbocycles. The maximum Gasteiger partial charge on any atom is 0.136 e. The van der Waals surface area contributed by atoms with Gasteiger partial charge in [-0.15, -0.1) is 0 Å². The summed E-state index contributed by atoms with van der Waals surface area (Å²) in [6.07, 6.45) is 5.85. The van der Waals surface area contributed by atoms with Crippen LogP contribution in [0.2, 0.25) is 0 Å². The molecule has 18 heavy (non-hydrogen) atoms. The van der Waals surface area contributed by atoms with Crippen LogP contribution in [0.4, 0.5) is 11.6 Å². The number of methoxy groups -OCH3 is 1. The minimum Gasteiger partial charge on any atom is -0.384 e. The fourth-order valence-corrected chi connectivity index (χ4v) is 2.38. The van der Waals surface area contributed by atoms with E-state index in [0.717, 1.165) is 31.0 Å². The molecular weight excluding hydrogens is 228 g/mol. The van der Waals surface area contributed by atoms with E-state index < -0.39 is 0 Å². The second-order valence-electron chi connectivity index (χ2n) is 5.40. The Morgan fingerprint density at radius 1 is 1.44 bits per heavy atom. The summed E-state index contributed by atoms with van der Waals surface area (Å²) in [6, 6.07) is 1.80. The average Bonchev–Trinajstić information content (AvgIpc) is 3.11. The van der Waals surface area contributed by atoms with E-state index in [1.165, 1.54) is 19.3 Å². The lowest BCUT2D eigenvalue weighted by Crippen LogP contribution is -2.45. The summed E-state index contributed by atoms with van der Waals surface area (Å²) in [7, 11) is 1.78. The topological polar surface area (TPSA) is 73.1 Å². The summed E-state index contributed by atoms with van der Waals surface area (Å²) in [4.78, 5) is 8.82. The molecule has 2 aliphatic carbocycles. The number of nitrogens with one attached hydrogen (secondary N) is 1. The Balaban J connectivity index is 1.68. The Morgan fingerprint density at radius 2 is 2.22 bits per heavy atom. The molecular formula is C13H20N4O. The Labute approximate surface area is 107 Å². The fraction of sp³-hybridized carbons (Fsp3) is 0.692. The van der Waals surface area contributed by atoms with Gasteiger partial charge in [0.25, 0.3) is 0 Å². The number of ether oxygens (including phenoxy) is 1. The summed E-state index contributed by atoms with van der Waals surface area (Å²) in [5.41, 5.74) is 5.82. The monoisotopic (exact) mass is 248 g/mol. The van der Waals surface area contributed by atoms with E-state index in [1.807, 2.05) is 0 Å². The number of hydrogen-bond acceptors (Lipinski definition) is 5. The fourth-order valence-electron chi connectivity index (χ4n) is 2.38. The van der Waals surface area contributed by atoms with E-state index in [9.17, 15) is 0 Å². The van der Waals surface area contributed by atoms with Crippen molar-refractivity contribution in [1.82, 2.24) is 9.97 Å². The molecule has 2 fully saturated rings. The maximum atomic E-state index is 5.82. The lowest BCUT2D eigenvalue weighted by Gasteiger charge is -2.40. The van der Waals surface area contributed by atoms with Crippen LogP contribution in [0.25, 0.3) is 0 Å². The van der Waals surface area contributed by atoms with Gasteiger partial charge >= 0.3 is 0 Å². The molecule has 0 spiro atoms. The van der Waals surface area contributed by atoms with Crippen molar-refractivity contribution in [3.63, 3.8) is 0 Å². The molecule has 5 nitrogen and oxygen atoms in total. The van der Waals surface area contributed by atoms with Crippen molar-refractivity contribution in [1.29, 1.82) is 0 Å². The first-order valence-electron chi connectivity index (χ1n) is 6.64. The van der Waals surface area contributed by atoms with Crippen molar-refractivity contribution < 1.29 is 4.74 Å². The molecule has 0 saturated heterocycles. The van der Waals surface area contributed by atoms with Crippen LogP contribution in [0.5, 0.6) is 0 Å². The van der Waals surface area contributed by atoms with Gasteiger partial charge in [-0.2, -0.15) is 0 Å². The standard InChI is InChI=1S/C13H20N4O/c1-18-13(5-2-6-13)8-15-11-7-10(14)16-12(17-11)9-3-4-9/h7,9H,2-6,8H2,1H3,(H3,14,15,16,17). The minimum atomic E-state index is -0.000540. The van der Waals surface area contributed by atoms with Gasteiger partial charge in [0.2, 0.25) is 0 Å². The second-order valence-corrected chi connectivity index (χ2v) is 5.40. The van der Waals surface area contributed by atoms with Crippen LogP contribution < -0.4 is 11.1 Å². The van der Waals surface area contributed by atoms with Crippen LogP contribution in [0, 0.1) is 0 Å².